The van der Waals surface area contributed by atoms with E-state index in [1.54, 1.807) is 0 Å². The van der Waals surface area contributed by atoms with Crippen LogP contribution in [-0.2, 0) is 5.41 Å². The molecule has 0 bridgehead atoms. The Hall–Kier alpha value is -7.68. The number of nitrogens with zero attached hydrogens (tertiary/aromatic N) is 2. The fraction of sp³-hybridized carbons (Fsp3) is 0.0164. The van der Waals surface area contributed by atoms with E-state index in [9.17, 15) is 0 Å². The lowest BCUT2D eigenvalue weighted by atomic mass is 9.57. The number of benzene rings is 10. The topological polar surface area (TPSA) is 8.17 Å². The molecule has 0 saturated heterocycles. The minimum atomic E-state index is -0.443. The smallest absolute Gasteiger partial charge is 0.139 e. The summed E-state index contributed by atoms with van der Waals surface area (Å²) < 4.78 is 2.39. The summed E-state index contributed by atoms with van der Waals surface area (Å²) in [5.41, 5.74) is 33.8. The summed E-state index contributed by atoms with van der Waals surface area (Å²) in [6.07, 6.45) is 0. The van der Waals surface area contributed by atoms with Crippen molar-refractivity contribution in [1.82, 2.24) is 4.57 Å². The van der Waals surface area contributed by atoms with Gasteiger partial charge < -0.3 is 9.47 Å². The molecule has 2 aliphatic carbocycles. The molecule has 1 spiro atoms. The Kier molecular flexibility index (Phi) is 9.88. The molecular weight excluding hydrogens is 847 g/mol. The third kappa shape index (κ3) is 6.07. The summed E-state index contributed by atoms with van der Waals surface area (Å²) in [4.78, 5) is 2.39. The first-order valence-corrected chi connectivity index (χ1v) is 25.2. The maximum Gasteiger partial charge on any atom is 0.139 e. The molecule has 10 aromatic carbocycles. The Morgan fingerprint density at radius 1 is 0.310 bits per heavy atom. The van der Waals surface area contributed by atoms with Crippen LogP contribution in [0.25, 0.3) is 72.0 Å². The van der Waals surface area contributed by atoms with Crippen LogP contribution in [0.1, 0.15) is 22.3 Å². The lowest BCUT2D eigenvalue weighted by Gasteiger charge is -2.35. The van der Waals surface area contributed by atoms with Crippen molar-refractivity contribution < 1.29 is 0 Å². The molecule has 0 aliphatic heterocycles. The number of hydrogen-bond donors (Lipinski definition) is 0. The third-order valence-corrected chi connectivity index (χ3v) is 17.1. The number of fused-ring (bicyclic) bond motifs is 13. The summed E-state index contributed by atoms with van der Waals surface area (Å²) in [6, 6.07) is 72.0. The van der Waals surface area contributed by atoms with Crippen LogP contribution >= 0.6 is 0 Å². The van der Waals surface area contributed by atoms with E-state index in [-0.39, 0.29) is 0 Å². The van der Waals surface area contributed by atoms with Crippen molar-refractivity contribution in [3.05, 3.63) is 216 Å². The number of aromatic nitrogens is 1. The molecule has 0 radical (unpaired) electrons. The zero-order valence-corrected chi connectivity index (χ0v) is 41.9. The summed E-state index contributed by atoms with van der Waals surface area (Å²) in [5.74, 6) is 0. The van der Waals surface area contributed by atoms with E-state index in [1.165, 1.54) is 132 Å². The molecule has 326 valence electrons. The quantitative estimate of drug-likeness (QED) is 0.233. The van der Waals surface area contributed by atoms with Crippen LogP contribution in [0.4, 0.5) is 17.1 Å². The highest BCUT2D eigenvalue weighted by Crippen LogP contribution is 2.62. The average molecular weight is 896 g/mol. The molecule has 0 atom stereocenters. The lowest BCUT2D eigenvalue weighted by Crippen LogP contribution is -2.52. The molecule has 71 heavy (non-hydrogen) atoms. The summed E-state index contributed by atoms with van der Waals surface area (Å²) in [5, 5.41) is 2.53. The molecule has 2 nitrogen and oxygen atoms in total. The average Bonchev–Trinajstić information content (AvgIpc) is 4.04. The SMILES string of the molecule is Bc1c(B)c(B)c2c(c1B)-c1c(B)c(B)c(B)c(B)c1C21c2ccccc2-c2c(-c3ccc(N(c4ccc(-c5ccccc5)cc4)c4ccc(-n5c6ccccc6c6ccccc65)cc4)cc3)cccc21. The van der Waals surface area contributed by atoms with Gasteiger partial charge in [0.1, 0.15) is 62.8 Å². The van der Waals surface area contributed by atoms with Crippen molar-refractivity contribution in [2.45, 2.75) is 5.41 Å². The van der Waals surface area contributed by atoms with Crippen molar-refractivity contribution in [2.75, 3.05) is 4.90 Å². The van der Waals surface area contributed by atoms with Gasteiger partial charge in [-0.2, -0.15) is 0 Å². The first kappa shape index (κ1) is 43.3. The third-order valence-electron chi connectivity index (χ3n) is 17.1. The minimum Gasteiger partial charge on any atom is -0.311 e. The van der Waals surface area contributed by atoms with Crippen molar-refractivity contribution >= 4 is 145 Å². The van der Waals surface area contributed by atoms with E-state index in [2.05, 4.69) is 266 Å². The number of rotatable bonds is 6. The van der Waals surface area contributed by atoms with Gasteiger partial charge >= 0.3 is 0 Å². The molecule has 1 heterocycles. The van der Waals surface area contributed by atoms with E-state index < -0.39 is 5.41 Å². The molecule has 0 unspecified atom stereocenters. The van der Waals surface area contributed by atoms with E-state index >= 15 is 0 Å². The number of para-hydroxylation sites is 2. The molecule has 2 aliphatic rings. The van der Waals surface area contributed by atoms with Crippen molar-refractivity contribution in [3.8, 4) is 50.2 Å². The van der Waals surface area contributed by atoms with Crippen molar-refractivity contribution in [1.29, 1.82) is 0 Å². The highest BCUT2D eigenvalue weighted by atomic mass is 15.1. The predicted molar refractivity (Wildman–Crippen MR) is 328 cm³/mol. The summed E-state index contributed by atoms with van der Waals surface area (Å²) in [6.45, 7) is 0. The molecule has 1 aromatic heterocycles. The van der Waals surface area contributed by atoms with E-state index in [1.807, 2.05) is 0 Å². The van der Waals surface area contributed by atoms with Gasteiger partial charge in [-0.05, 0) is 127 Å². The van der Waals surface area contributed by atoms with Crippen LogP contribution in [0, 0.1) is 0 Å². The monoisotopic (exact) mass is 896 g/mol. The molecule has 10 heteroatoms. The zero-order valence-electron chi connectivity index (χ0n) is 41.9. The maximum atomic E-state index is 2.45. The van der Waals surface area contributed by atoms with Crippen LogP contribution in [0.3, 0.4) is 0 Å². The molecule has 13 rings (SSSR count). The van der Waals surface area contributed by atoms with Gasteiger partial charge in [0.2, 0.25) is 0 Å². The Labute approximate surface area is 424 Å². The largest absolute Gasteiger partial charge is 0.311 e. The van der Waals surface area contributed by atoms with Crippen molar-refractivity contribution in [2.24, 2.45) is 0 Å². The molecule has 0 amide bonds. The van der Waals surface area contributed by atoms with Gasteiger partial charge in [0.25, 0.3) is 0 Å². The summed E-state index contributed by atoms with van der Waals surface area (Å²) >= 11 is 0. The normalized spacial score (nSPS) is 12.8. The fourth-order valence-electron chi connectivity index (χ4n) is 13.0. The van der Waals surface area contributed by atoms with E-state index in [0.717, 1.165) is 22.7 Å². The highest BCUT2D eigenvalue weighted by Gasteiger charge is 2.54. The van der Waals surface area contributed by atoms with Gasteiger partial charge in [-0.15, -0.1) is 21.9 Å². The fourth-order valence-corrected chi connectivity index (χ4v) is 13.0. The van der Waals surface area contributed by atoms with Crippen LogP contribution in [0.5, 0.6) is 0 Å². The lowest BCUT2D eigenvalue weighted by molar-refractivity contribution is 0.806. The van der Waals surface area contributed by atoms with Gasteiger partial charge in [-0.1, -0.05) is 155 Å². The van der Waals surface area contributed by atoms with Gasteiger partial charge in [-0.3, -0.25) is 0 Å². The van der Waals surface area contributed by atoms with Crippen LogP contribution in [0.2, 0.25) is 0 Å². The zero-order chi connectivity index (χ0) is 48.4. The van der Waals surface area contributed by atoms with Gasteiger partial charge in [0, 0.05) is 33.5 Å². The number of anilines is 3. The van der Waals surface area contributed by atoms with Gasteiger partial charge in [0.05, 0.1) is 16.4 Å². The van der Waals surface area contributed by atoms with Crippen molar-refractivity contribution in [3.63, 3.8) is 0 Å². The Morgan fingerprint density at radius 2 is 0.732 bits per heavy atom. The second-order valence-electron chi connectivity index (χ2n) is 20.2. The summed E-state index contributed by atoms with van der Waals surface area (Å²) in [7, 11) is 18.8. The molecule has 0 fully saturated rings. The molecule has 11 aromatic rings. The van der Waals surface area contributed by atoms with Gasteiger partial charge in [0.15, 0.2) is 0 Å². The van der Waals surface area contributed by atoms with Gasteiger partial charge in [-0.25, -0.2) is 0 Å². The second-order valence-corrected chi connectivity index (χ2v) is 20.2. The minimum absolute atomic E-state index is 0.443. The van der Waals surface area contributed by atoms with E-state index in [4.69, 9.17) is 0 Å². The van der Waals surface area contributed by atoms with Crippen LogP contribution in [-0.4, -0.2) is 67.3 Å². The standard InChI is InChI=1S/C61H48B8N2/c62-53-49-50-52(56(65)60(69)58(67)54(50)63)61(51(49)55(64)59(68)57(53)66)44-17-7-4-15-43(44)48-40(16-10-18-45(48)61)35-23-27-37(28-24-35)70(36-25-21-34(22-26-36)33-11-2-1-3-12-33)38-29-31-39(32-30-38)71-46-19-8-5-13-41(46)42-14-6-9-20-47(42)71/h1-32H,62-69H2. The molecule has 0 N–H and O–H groups in total. The highest BCUT2D eigenvalue weighted by molar-refractivity contribution is 6.67. The Morgan fingerprint density at radius 3 is 1.30 bits per heavy atom. The molecular formula is C61H48B8N2. The second kappa shape index (κ2) is 16.2. The first-order valence-electron chi connectivity index (χ1n) is 25.2. The maximum absolute atomic E-state index is 2.45. The first-order chi connectivity index (χ1) is 34.6. The van der Waals surface area contributed by atoms with Crippen LogP contribution in [0.15, 0.2) is 194 Å². The predicted octanol–water partition coefficient (Wildman–Crippen LogP) is 2.00. The van der Waals surface area contributed by atoms with Crippen LogP contribution < -0.4 is 48.6 Å². The van der Waals surface area contributed by atoms with E-state index in [0.29, 0.717) is 0 Å². The Bertz CT molecular complexity index is 3890. The number of hydrogen-bond acceptors (Lipinski definition) is 1. The molecule has 0 saturated carbocycles. The Balaban J connectivity index is 0.973.